The molecule has 2 atom stereocenters. The zero-order chi connectivity index (χ0) is 17.8. The molecular weight excluding hydrogens is 327 g/mol. The smallest absolute Gasteiger partial charge is 0.126 e. The van der Waals surface area contributed by atoms with E-state index in [2.05, 4.69) is 25.1 Å². The maximum atomic E-state index is 10.8. The number of aliphatic hydroxyl groups excluding tert-OH is 1. The number of phenolic OH excluding ortho intramolecular Hbond substituents is 1. The van der Waals surface area contributed by atoms with Crippen LogP contribution in [0.15, 0.2) is 66.7 Å². The van der Waals surface area contributed by atoms with Gasteiger partial charge in [-0.25, -0.2) is 0 Å². The van der Waals surface area contributed by atoms with Gasteiger partial charge in [-0.05, 0) is 41.4 Å². The van der Waals surface area contributed by atoms with Crippen molar-refractivity contribution in [1.82, 2.24) is 0 Å². The van der Waals surface area contributed by atoms with Gasteiger partial charge in [-0.2, -0.15) is 0 Å². The van der Waals surface area contributed by atoms with Crippen LogP contribution in [-0.4, -0.2) is 10.2 Å². The molecule has 0 aliphatic rings. The molecule has 0 aromatic heterocycles. The third-order valence-corrected chi connectivity index (χ3v) is 5.98. The molecule has 2 unspecified atom stereocenters. The van der Waals surface area contributed by atoms with Gasteiger partial charge in [0.05, 0.1) is 6.10 Å². The highest BCUT2D eigenvalue weighted by Crippen LogP contribution is 2.28. The van der Waals surface area contributed by atoms with Crippen LogP contribution in [0.25, 0.3) is 0 Å². The van der Waals surface area contributed by atoms with E-state index < -0.39 is 6.10 Å². The Labute approximate surface area is 151 Å². The summed E-state index contributed by atoms with van der Waals surface area (Å²) in [7, 11) is 0.313. The lowest BCUT2D eigenvalue weighted by atomic mass is 10.0. The molecule has 0 radical (unpaired) electrons. The van der Waals surface area contributed by atoms with Crippen molar-refractivity contribution in [2.75, 3.05) is 0 Å². The predicted molar refractivity (Wildman–Crippen MR) is 107 cm³/mol. The van der Waals surface area contributed by atoms with E-state index in [9.17, 15) is 10.2 Å². The summed E-state index contributed by atoms with van der Waals surface area (Å²) in [4.78, 5) is 0. The Balaban J connectivity index is 1.94. The van der Waals surface area contributed by atoms with E-state index >= 15 is 0 Å². The molecule has 128 valence electrons. The quantitative estimate of drug-likeness (QED) is 0.684. The van der Waals surface area contributed by atoms with Crippen LogP contribution in [-0.2, 0) is 6.42 Å². The monoisotopic (exact) mass is 350 g/mol. The average Bonchev–Trinajstić information content (AvgIpc) is 2.60. The van der Waals surface area contributed by atoms with Crippen molar-refractivity contribution in [2.24, 2.45) is 0 Å². The van der Waals surface area contributed by atoms with Crippen LogP contribution in [0.4, 0.5) is 0 Å². The number of rotatable bonds is 5. The summed E-state index contributed by atoms with van der Waals surface area (Å²) in [6, 6.07) is 22.1. The summed E-state index contributed by atoms with van der Waals surface area (Å²) in [5.41, 5.74) is 4.19. The maximum Gasteiger partial charge on any atom is 0.126 e. The summed E-state index contributed by atoms with van der Waals surface area (Å²) in [5, 5.41) is 22.9. The van der Waals surface area contributed by atoms with Gasteiger partial charge in [0, 0.05) is 11.7 Å². The van der Waals surface area contributed by atoms with Crippen molar-refractivity contribution in [3.05, 3.63) is 89.0 Å². The van der Waals surface area contributed by atoms with Crippen LogP contribution in [0.2, 0.25) is 0 Å². The predicted octanol–water partition coefficient (Wildman–Crippen LogP) is 3.97. The Morgan fingerprint density at radius 1 is 0.920 bits per heavy atom. The van der Waals surface area contributed by atoms with E-state index in [1.54, 1.807) is 6.92 Å². The third-order valence-electron chi connectivity index (χ3n) is 4.37. The standard InChI is InChI=1S/C22H23O2P/c1-15-8-6-12-19(16(2)23)22(15)25-20-13-7-11-18(21(20)24)14-17-9-4-3-5-10-17/h3-13,16,23-25H,14H2,1-2H3. The first kappa shape index (κ1) is 17.7. The minimum atomic E-state index is -0.517. The minimum Gasteiger partial charge on any atom is -0.507 e. The fourth-order valence-corrected chi connectivity index (χ4v) is 4.44. The number of hydrogen-bond donors (Lipinski definition) is 2. The van der Waals surface area contributed by atoms with Gasteiger partial charge in [0.15, 0.2) is 0 Å². The lowest BCUT2D eigenvalue weighted by Gasteiger charge is -2.16. The van der Waals surface area contributed by atoms with Crippen LogP contribution >= 0.6 is 8.58 Å². The van der Waals surface area contributed by atoms with Gasteiger partial charge in [-0.3, -0.25) is 0 Å². The number of benzene rings is 3. The molecule has 0 bridgehead atoms. The van der Waals surface area contributed by atoms with Crippen molar-refractivity contribution in [3.8, 4) is 5.75 Å². The topological polar surface area (TPSA) is 40.5 Å². The molecule has 0 spiro atoms. The molecule has 2 nitrogen and oxygen atoms in total. The zero-order valence-corrected chi connectivity index (χ0v) is 15.5. The van der Waals surface area contributed by atoms with E-state index in [1.807, 2.05) is 48.5 Å². The van der Waals surface area contributed by atoms with Crippen molar-refractivity contribution in [2.45, 2.75) is 26.4 Å². The number of aromatic hydroxyl groups is 1. The van der Waals surface area contributed by atoms with Crippen LogP contribution < -0.4 is 10.6 Å². The molecule has 0 fully saturated rings. The van der Waals surface area contributed by atoms with E-state index in [0.29, 0.717) is 20.8 Å². The van der Waals surface area contributed by atoms with Crippen molar-refractivity contribution in [1.29, 1.82) is 0 Å². The highest BCUT2D eigenvalue weighted by Gasteiger charge is 2.14. The van der Waals surface area contributed by atoms with Crippen LogP contribution in [0.1, 0.15) is 35.3 Å². The first-order valence-electron chi connectivity index (χ1n) is 8.45. The number of para-hydroxylation sites is 1. The van der Waals surface area contributed by atoms with Crippen LogP contribution in [0.5, 0.6) is 5.75 Å². The van der Waals surface area contributed by atoms with Gasteiger partial charge >= 0.3 is 0 Å². The van der Waals surface area contributed by atoms with Crippen molar-refractivity contribution < 1.29 is 10.2 Å². The van der Waals surface area contributed by atoms with E-state index in [0.717, 1.165) is 27.3 Å². The largest absolute Gasteiger partial charge is 0.507 e. The number of phenols is 1. The Kier molecular flexibility index (Phi) is 5.53. The normalized spacial score (nSPS) is 12.6. The SMILES string of the molecule is Cc1cccc(C(C)O)c1Pc1cccc(Cc2ccccc2)c1O. The molecule has 0 saturated carbocycles. The summed E-state index contributed by atoms with van der Waals surface area (Å²) >= 11 is 0. The second-order valence-electron chi connectivity index (χ2n) is 6.32. The van der Waals surface area contributed by atoms with Gasteiger partial charge in [0.25, 0.3) is 0 Å². The first-order chi connectivity index (χ1) is 12.1. The molecule has 0 saturated heterocycles. The van der Waals surface area contributed by atoms with E-state index in [4.69, 9.17) is 0 Å². The third kappa shape index (κ3) is 4.10. The molecule has 2 N–H and O–H groups in total. The van der Waals surface area contributed by atoms with Gasteiger partial charge in [-0.15, -0.1) is 0 Å². The molecule has 0 heterocycles. The van der Waals surface area contributed by atoms with Crippen LogP contribution in [0, 0.1) is 6.92 Å². The Morgan fingerprint density at radius 3 is 2.36 bits per heavy atom. The highest BCUT2D eigenvalue weighted by atomic mass is 31.1. The molecule has 3 aromatic carbocycles. The molecule has 0 aliphatic carbocycles. The van der Waals surface area contributed by atoms with Crippen molar-refractivity contribution >= 4 is 19.2 Å². The Hall–Kier alpha value is -2.15. The van der Waals surface area contributed by atoms with Crippen LogP contribution in [0.3, 0.4) is 0 Å². The Bertz CT molecular complexity index is 857. The molecule has 3 heteroatoms. The second-order valence-corrected chi connectivity index (χ2v) is 7.60. The fraction of sp³-hybridized carbons (Fsp3) is 0.182. The molecule has 0 amide bonds. The Morgan fingerprint density at radius 2 is 1.64 bits per heavy atom. The maximum absolute atomic E-state index is 10.8. The lowest BCUT2D eigenvalue weighted by molar-refractivity contribution is 0.200. The average molecular weight is 350 g/mol. The molecule has 3 aromatic rings. The van der Waals surface area contributed by atoms with Crippen molar-refractivity contribution in [3.63, 3.8) is 0 Å². The summed E-state index contributed by atoms with van der Waals surface area (Å²) < 4.78 is 0. The van der Waals surface area contributed by atoms with Gasteiger partial charge in [0.2, 0.25) is 0 Å². The summed E-state index contributed by atoms with van der Waals surface area (Å²) in [6.07, 6.45) is 0.194. The minimum absolute atomic E-state index is 0.313. The molecular formula is C22H23O2P. The molecule has 3 rings (SSSR count). The fourth-order valence-electron chi connectivity index (χ4n) is 2.99. The van der Waals surface area contributed by atoms with Gasteiger partial charge < -0.3 is 10.2 Å². The van der Waals surface area contributed by atoms with Gasteiger partial charge in [0.1, 0.15) is 5.75 Å². The zero-order valence-electron chi connectivity index (χ0n) is 14.5. The lowest BCUT2D eigenvalue weighted by Crippen LogP contribution is -2.15. The number of aliphatic hydroxyl groups is 1. The molecule has 25 heavy (non-hydrogen) atoms. The molecule has 0 aliphatic heterocycles. The first-order valence-corrected chi connectivity index (χ1v) is 9.45. The number of aryl methyl sites for hydroxylation is 1. The highest BCUT2D eigenvalue weighted by molar-refractivity contribution is 7.56. The summed E-state index contributed by atoms with van der Waals surface area (Å²) in [6.45, 7) is 3.84. The van der Waals surface area contributed by atoms with Gasteiger partial charge in [-0.1, -0.05) is 75.3 Å². The van der Waals surface area contributed by atoms with E-state index in [1.165, 1.54) is 5.56 Å². The van der Waals surface area contributed by atoms with E-state index in [-0.39, 0.29) is 0 Å². The number of hydrogen-bond acceptors (Lipinski definition) is 2. The second kappa shape index (κ2) is 7.82. The summed E-state index contributed by atoms with van der Waals surface area (Å²) in [5.74, 6) is 0.365.